The van der Waals surface area contributed by atoms with Crippen molar-refractivity contribution in [3.05, 3.63) is 42.2 Å². The van der Waals surface area contributed by atoms with E-state index in [9.17, 15) is 4.39 Å². The fraction of sp³-hybridized carbons (Fsp3) is 0.474. The zero-order valence-corrected chi connectivity index (χ0v) is 15.4. The molecule has 138 valence electrons. The number of oxazole rings is 1. The maximum absolute atomic E-state index is 13.4. The van der Waals surface area contributed by atoms with E-state index in [1.807, 2.05) is 31.5 Å². The molecule has 3 heterocycles. The maximum Gasteiger partial charge on any atom is 0.298 e. The van der Waals surface area contributed by atoms with Crippen LogP contribution in [0.15, 0.2) is 35.1 Å². The summed E-state index contributed by atoms with van der Waals surface area (Å²) in [5, 5.41) is 0. The molecule has 1 aliphatic rings. The van der Waals surface area contributed by atoms with Gasteiger partial charge in [0.05, 0.1) is 18.1 Å². The van der Waals surface area contributed by atoms with Gasteiger partial charge in [0.2, 0.25) is 0 Å². The number of nitrogens with zero attached hydrogens (tertiary/aromatic N) is 5. The van der Waals surface area contributed by atoms with Crippen molar-refractivity contribution in [2.45, 2.75) is 18.9 Å². The van der Waals surface area contributed by atoms with E-state index in [-0.39, 0.29) is 5.82 Å². The largest absolute Gasteiger partial charge is 0.423 e. The molecule has 7 heteroatoms. The van der Waals surface area contributed by atoms with E-state index in [1.54, 1.807) is 6.07 Å². The van der Waals surface area contributed by atoms with E-state index in [2.05, 4.69) is 26.5 Å². The summed E-state index contributed by atoms with van der Waals surface area (Å²) in [4.78, 5) is 13.2. The Balaban J connectivity index is 1.58. The van der Waals surface area contributed by atoms with E-state index in [0.29, 0.717) is 29.1 Å². The van der Waals surface area contributed by atoms with Crippen LogP contribution in [0.4, 0.5) is 10.4 Å². The first-order valence-corrected chi connectivity index (χ1v) is 8.96. The number of hydrogen-bond donors (Lipinski definition) is 0. The predicted molar refractivity (Wildman–Crippen MR) is 98.5 cm³/mol. The molecule has 0 spiro atoms. The lowest BCUT2D eigenvalue weighted by molar-refractivity contribution is 0.118. The molecule has 1 aliphatic heterocycles. The highest BCUT2D eigenvalue weighted by molar-refractivity contribution is 5.74. The third-order valence-electron chi connectivity index (χ3n) is 5.34. The van der Waals surface area contributed by atoms with E-state index in [4.69, 9.17) is 4.42 Å². The van der Waals surface area contributed by atoms with Crippen LogP contribution < -0.4 is 4.90 Å². The summed E-state index contributed by atoms with van der Waals surface area (Å²) in [6.07, 6.45) is 6.12. The third-order valence-corrected chi connectivity index (χ3v) is 5.34. The predicted octanol–water partition coefficient (Wildman–Crippen LogP) is 3.22. The van der Waals surface area contributed by atoms with Crippen molar-refractivity contribution in [3.8, 4) is 0 Å². The number of fused-ring (bicyclic) bond motifs is 1. The second kappa shape index (κ2) is 6.72. The molecule has 0 radical (unpaired) electrons. The first-order chi connectivity index (χ1) is 12.5. The van der Waals surface area contributed by atoms with E-state index < -0.39 is 0 Å². The Hall–Kier alpha value is -2.41. The minimum atomic E-state index is -0.301. The first kappa shape index (κ1) is 17.0. The zero-order valence-electron chi connectivity index (χ0n) is 15.4. The van der Waals surface area contributed by atoms with Crippen molar-refractivity contribution < 1.29 is 8.81 Å². The van der Waals surface area contributed by atoms with Crippen LogP contribution in [0.3, 0.4) is 0 Å². The lowest BCUT2D eigenvalue weighted by atomic mass is 9.87. The maximum atomic E-state index is 13.4. The fourth-order valence-corrected chi connectivity index (χ4v) is 4.05. The Kier molecular flexibility index (Phi) is 4.40. The number of rotatable bonds is 4. The summed E-state index contributed by atoms with van der Waals surface area (Å²) < 4.78 is 21.3. The molecule has 0 saturated carbocycles. The van der Waals surface area contributed by atoms with Gasteiger partial charge in [-0.2, -0.15) is 4.98 Å². The third kappa shape index (κ3) is 3.07. The average molecular weight is 357 g/mol. The van der Waals surface area contributed by atoms with Crippen LogP contribution in [0.2, 0.25) is 0 Å². The highest BCUT2D eigenvalue weighted by Gasteiger charge is 2.33. The zero-order chi connectivity index (χ0) is 18.3. The average Bonchev–Trinajstić information content (AvgIpc) is 3.21. The molecule has 6 nitrogen and oxygen atoms in total. The van der Waals surface area contributed by atoms with Gasteiger partial charge in [-0.05, 0) is 44.5 Å². The van der Waals surface area contributed by atoms with Gasteiger partial charge in [0.1, 0.15) is 11.3 Å². The Bertz CT molecular complexity index is 904. The monoisotopic (exact) mass is 357 g/mol. The summed E-state index contributed by atoms with van der Waals surface area (Å²) in [5.74, 6) is 0.131. The van der Waals surface area contributed by atoms with Crippen LogP contribution in [-0.2, 0) is 7.05 Å². The van der Waals surface area contributed by atoms with Crippen LogP contribution in [0.5, 0.6) is 0 Å². The molecule has 0 aliphatic carbocycles. The number of aromatic nitrogens is 3. The van der Waals surface area contributed by atoms with Crippen LogP contribution in [-0.4, -0.2) is 46.6 Å². The van der Waals surface area contributed by atoms with Gasteiger partial charge in [-0.15, -0.1) is 0 Å². The summed E-state index contributed by atoms with van der Waals surface area (Å²) >= 11 is 0. The molecule has 26 heavy (non-hydrogen) atoms. The molecule has 4 rings (SSSR count). The minimum Gasteiger partial charge on any atom is -0.423 e. The van der Waals surface area contributed by atoms with E-state index in [1.165, 1.54) is 24.2 Å². The number of piperidine rings is 1. The summed E-state index contributed by atoms with van der Waals surface area (Å²) in [6, 6.07) is 5.26. The first-order valence-electron chi connectivity index (χ1n) is 8.96. The Morgan fingerprint density at radius 1 is 1.35 bits per heavy atom. The molecule has 2 atom stereocenters. The van der Waals surface area contributed by atoms with Gasteiger partial charge in [-0.3, -0.25) is 4.90 Å². The summed E-state index contributed by atoms with van der Waals surface area (Å²) in [7, 11) is 6.20. The lowest BCUT2D eigenvalue weighted by Gasteiger charge is -2.40. The van der Waals surface area contributed by atoms with Crippen molar-refractivity contribution in [2.24, 2.45) is 13.0 Å². The second-order valence-electron chi connectivity index (χ2n) is 7.25. The highest BCUT2D eigenvalue weighted by Crippen LogP contribution is 2.36. The SMILES string of the molecule is CN(C[C@@H]1CCCN(C)[C@H]1c1cncn1C)c1nc2cc(F)ccc2o1. The molecule has 0 bridgehead atoms. The topological polar surface area (TPSA) is 50.3 Å². The smallest absolute Gasteiger partial charge is 0.298 e. The van der Waals surface area contributed by atoms with Crippen molar-refractivity contribution >= 4 is 17.1 Å². The summed E-state index contributed by atoms with van der Waals surface area (Å²) in [6.45, 7) is 1.90. The molecular formula is C19H24FN5O. The van der Waals surface area contributed by atoms with Gasteiger partial charge in [-0.25, -0.2) is 9.37 Å². The molecule has 3 aromatic rings. The normalized spacial score (nSPS) is 21.4. The summed E-state index contributed by atoms with van der Waals surface area (Å²) in [5.41, 5.74) is 2.39. The molecule has 2 aromatic heterocycles. The molecule has 1 fully saturated rings. The number of imidazole rings is 1. The molecule has 0 amide bonds. The number of benzene rings is 1. The molecule has 1 aromatic carbocycles. The van der Waals surface area contributed by atoms with Crippen LogP contribution in [0.25, 0.3) is 11.1 Å². The second-order valence-corrected chi connectivity index (χ2v) is 7.25. The van der Waals surface area contributed by atoms with Gasteiger partial charge in [0.25, 0.3) is 6.01 Å². The van der Waals surface area contributed by atoms with Crippen LogP contribution in [0, 0.1) is 11.7 Å². The standard InChI is InChI=1S/C19H24FN5O/c1-23-8-4-5-13(18(23)16-10-21-12-25(16)3)11-24(2)19-22-15-9-14(20)6-7-17(15)26-19/h6-7,9-10,12-13,18H,4-5,8,11H2,1-3H3/t13-,18+/m0/s1. The number of aryl methyl sites for hydroxylation is 1. The van der Waals surface area contributed by atoms with Gasteiger partial charge in [-0.1, -0.05) is 0 Å². The molecule has 1 saturated heterocycles. The number of anilines is 1. The number of hydrogen-bond acceptors (Lipinski definition) is 5. The Morgan fingerprint density at radius 3 is 2.96 bits per heavy atom. The van der Waals surface area contributed by atoms with E-state index in [0.717, 1.165) is 19.5 Å². The van der Waals surface area contributed by atoms with Gasteiger partial charge >= 0.3 is 0 Å². The fourth-order valence-electron chi connectivity index (χ4n) is 4.05. The van der Waals surface area contributed by atoms with Crippen molar-refractivity contribution in [1.82, 2.24) is 19.4 Å². The van der Waals surface area contributed by atoms with Crippen LogP contribution in [0.1, 0.15) is 24.6 Å². The molecular weight excluding hydrogens is 333 g/mol. The van der Waals surface area contributed by atoms with E-state index >= 15 is 0 Å². The lowest BCUT2D eigenvalue weighted by Crippen LogP contribution is -2.41. The van der Waals surface area contributed by atoms with Gasteiger partial charge in [0, 0.05) is 32.9 Å². The Morgan fingerprint density at radius 2 is 2.19 bits per heavy atom. The van der Waals surface area contributed by atoms with Crippen molar-refractivity contribution in [2.75, 3.05) is 32.1 Å². The van der Waals surface area contributed by atoms with Crippen molar-refractivity contribution in [1.29, 1.82) is 0 Å². The van der Waals surface area contributed by atoms with Crippen LogP contribution >= 0.6 is 0 Å². The number of likely N-dealkylation sites (tertiary alicyclic amines) is 1. The van der Waals surface area contributed by atoms with Crippen molar-refractivity contribution in [3.63, 3.8) is 0 Å². The highest BCUT2D eigenvalue weighted by atomic mass is 19.1. The minimum absolute atomic E-state index is 0.301. The quantitative estimate of drug-likeness (QED) is 0.718. The molecule has 0 unspecified atom stereocenters. The Labute approximate surface area is 152 Å². The molecule has 0 N–H and O–H groups in total. The van der Waals surface area contributed by atoms with Gasteiger partial charge < -0.3 is 13.9 Å². The number of halogens is 1. The van der Waals surface area contributed by atoms with Gasteiger partial charge in [0.15, 0.2) is 5.58 Å².